The third-order valence-corrected chi connectivity index (χ3v) is 2.27. The van der Waals surface area contributed by atoms with Gasteiger partial charge in [0.2, 0.25) is 5.91 Å². The third-order valence-electron chi connectivity index (χ3n) is 2.27. The monoisotopic (exact) mass is 266 g/mol. The maximum Gasteiger partial charge on any atom is 0.328 e. The Morgan fingerprint density at radius 3 is 2.24 bits per heavy atom. The topological polar surface area (TPSA) is 81.4 Å². The van der Waals surface area contributed by atoms with E-state index in [1.54, 1.807) is 6.92 Å². The Morgan fingerprint density at radius 1 is 1.35 bits per heavy atom. The van der Waals surface area contributed by atoms with Gasteiger partial charge in [-0.1, -0.05) is 20.8 Å². The predicted octanol–water partition coefficient (Wildman–Crippen LogP) is 0.849. The highest BCUT2D eigenvalue weighted by Crippen LogP contribution is 2.03. The number of methoxy groups -OCH3 is 1. The fourth-order valence-corrected chi connectivity index (χ4v) is 1.36. The second-order valence-electron chi connectivity index (χ2n) is 4.23. The molecular weight excluding hydrogens is 244 g/mol. The van der Waals surface area contributed by atoms with E-state index in [2.05, 4.69) is 10.1 Å². The van der Waals surface area contributed by atoms with Crippen LogP contribution in [0.1, 0.15) is 33.6 Å². The molecule has 0 aliphatic rings. The predicted molar refractivity (Wildman–Crippen MR) is 68.9 cm³/mol. The van der Waals surface area contributed by atoms with Gasteiger partial charge < -0.3 is 15.8 Å². The molecule has 0 aliphatic heterocycles. The van der Waals surface area contributed by atoms with E-state index in [1.807, 2.05) is 13.8 Å². The lowest BCUT2D eigenvalue weighted by molar-refractivity contribution is -0.145. The molecule has 102 valence electrons. The molecule has 0 spiro atoms. The zero-order valence-electron chi connectivity index (χ0n) is 10.9. The lowest BCUT2D eigenvalue weighted by Gasteiger charge is -2.18. The van der Waals surface area contributed by atoms with Gasteiger partial charge in [-0.15, -0.1) is 12.4 Å². The van der Waals surface area contributed by atoms with Crippen LogP contribution in [0.2, 0.25) is 0 Å². The summed E-state index contributed by atoms with van der Waals surface area (Å²) in [4.78, 5) is 22.9. The number of hydrogen-bond donors (Lipinski definition) is 2. The van der Waals surface area contributed by atoms with Crippen molar-refractivity contribution in [1.82, 2.24) is 5.32 Å². The first-order valence-corrected chi connectivity index (χ1v) is 5.56. The van der Waals surface area contributed by atoms with E-state index in [-0.39, 0.29) is 18.3 Å². The van der Waals surface area contributed by atoms with E-state index in [0.29, 0.717) is 18.8 Å². The summed E-state index contributed by atoms with van der Waals surface area (Å²) in [5.41, 5.74) is 5.70. The van der Waals surface area contributed by atoms with E-state index in [1.165, 1.54) is 7.11 Å². The van der Waals surface area contributed by atoms with Crippen LogP contribution < -0.4 is 11.1 Å². The Labute approximate surface area is 109 Å². The van der Waals surface area contributed by atoms with Crippen LogP contribution in [0.25, 0.3) is 0 Å². The molecule has 2 atom stereocenters. The van der Waals surface area contributed by atoms with Crippen molar-refractivity contribution in [3.63, 3.8) is 0 Å². The molecule has 0 fully saturated rings. The van der Waals surface area contributed by atoms with Gasteiger partial charge in [0.1, 0.15) is 6.04 Å². The third kappa shape index (κ3) is 7.18. The highest BCUT2D eigenvalue weighted by Gasteiger charge is 2.22. The average Bonchev–Trinajstić information content (AvgIpc) is 2.23. The highest BCUT2D eigenvalue weighted by atomic mass is 35.5. The molecule has 3 N–H and O–H groups in total. The van der Waals surface area contributed by atoms with Crippen molar-refractivity contribution in [2.24, 2.45) is 11.7 Å². The van der Waals surface area contributed by atoms with Gasteiger partial charge >= 0.3 is 5.97 Å². The maximum absolute atomic E-state index is 11.6. The van der Waals surface area contributed by atoms with E-state index in [9.17, 15) is 9.59 Å². The zero-order chi connectivity index (χ0) is 12.7. The summed E-state index contributed by atoms with van der Waals surface area (Å²) in [6, 6.07) is -1.17. The Hall–Kier alpha value is -0.810. The van der Waals surface area contributed by atoms with Crippen LogP contribution in [0.5, 0.6) is 0 Å². The fourth-order valence-electron chi connectivity index (χ4n) is 1.36. The van der Waals surface area contributed by atoms with E-state index < -0.39 is 18.1 Å². The van der Waals surface area contributed by atoms with Gasteiger partial charge in [-0.2, -0.15) is 0 Å². The van der Waals surface area contributed by atoms with Gasteiger partial charge in [0.05, 0.1) is 13.2 Å². The van der Waals surface area contributed by atoms with Crippen molar-refractivity contribution in [3.05, 3.63) is 0 Å². The second kappa shape index (κ2) is 9.24. The van der Waals surface area contributed by atoms with Crippen molar-refractivity contribution < 1.29 is 14.3 Å². The summed E-state index contributed by atoms with van der Waals surface area (Å²) in [6.07, 6.45) is 1.09. The first-order chi connectivity index (χ1) is 7.42. The van der Waals surface area contributed by atoms with E-state index >= 15 is 0 Å². The van der Waals surface area contributed by atoms with Gasteiger partial charge in [-0.05, 0) is 18.8 Å². The summed E-state index contributed by atoms with van der Waals surface area (Å²) in [5.74, 6) is -0.391. The molecule has 6 heteroatoms. The van der Waals surface area contributed by atoms with Gasteiger partial charge in [0.25, 0.3) is 0 Å². The number of esters is 1. The highest BCUT2D eigenvalue weighted by molar-refractivity contribution is 5.87. The minimum Gasteiger partial charge on any atom is -0.467 e. The van der Waals surface area contributed by atoms with Crippen LogP contribution in [0.4, 0.5) is 0 Å². The lowest BCUT2D eigenvalue weighted by atomic mass is 10.0. The first-order valence-electron chi connectivity index (χ1n) is 5.56. The maximum atomic E-state index is 11.6. The van der Waals surface area contributed by atoms with Crippen LogP contribution in [0.15, 0.2) is 0 Å². The Balaban J connectivity index is 0. The minimum atomic E-state index is -0.601. The second-order valence-corrected chi connectivity index (χ2v) is 4.23. The number of halogens is 1. The van der Waals surface area contributed by atoms with Crippen LogP contribution in [0, 0.1) is 5.92 Å². The molecule has 0 rings (SSSR count). The quantitative estimate of drug-likeness (QED) is 0.699. The van der Waals surface area contributed by atoms with Gasteiger partial charge in [-0.3, -0.25) is 4.79 Å². The Morgan fingerprint density at radius 2 is 1.88 bits per heavy atom. The number of rotatable bonds is 6. The molecule has 5 nitrogen and oxygen atoms in total. The Kier molecular flexibility index (Phi) is 10.1. The molecule has 0 aromatic rings. The minimum absolute atomic E-state index is 0. The molecule has 0 saturated carbocycles. The number of amides is 1. The molecule has 17 heavy (non-hydrogen) atoms. The molecule has 0 bridgehead atoms. The number of ether oxygens (including phenoxy) is 1. The molecule has 0 radical (unpaired) electrons. The molecule has 0 aliphatic carbocycles. The first kappa shape index (κ1) is 18.6. The fraction of sp³-hybridized carbons (Fsp3) is 0.818. The Bertz CT molecular complexity index is 247. The molecule has 0 aromatic carbocycles. The average molecular weight is 267 g/mol. The summed E-state index contributed by atoms with van der Waals surface area (Å²) >= 11 is 0. The van der Waals surface area contributed by atoms with E-state index in [0.717, 1.165) is 0 Å². The molecule has 1 unspecified atom stereocenters. The standard InChI is InChI=1S/C11H22N2O3.ClH/c1-5-9(11(15)16-4)13-10(14)8(12)6-7(2)3;/h7-9H,5-6,12H2,1-4H3,(H,13,14);1H/t8-,9?;/m0./s1. The van der Waals surface area contributed by atoms with Crippen molar-refractivity contribution in [2.45, 2.75) is 45.7 Å². The smallest absolute Gasteiger partial charge is 0.328 e. The molecule has 1 amide bonds. The number of carbonyl (C=O) groups excluding carboxylic acids is 2. The van der Waals surface area contributed by atoms with Crippen molar-refractivity contribution >= 4 is 24.3 Å². The zero-order valence-corrected chi connectivity index (χ0v) is 11.7. The lowest BCUT2D eigenvalue weighted by Crippen LogP contribution is -2.48. The number of nitrogens with two attached hydrogens (primary N) is 1. The normalized spacial score (nSPS) is 13.5. The van der Waals surface area contributed by atoms with Crippen molar-refractivity contribution in [1.29, 1.82) is 0 Å². The molecule has 0 saturated heterocycles. The van der Waals surface area contributed by atoms with Crippen LogP contribution >= 0.6 is 12.4 Å². The molecule has 0 heterocycles. The van der Waals surface area contributed by atoms with Crippen LogP contribution in [-0.4, -0.2) is 31.1 Å². The van der Waals surface area contributed by atoms with Crippen molar-refractivity contribution in [2.75, 3.05) is 7.11 Å². The SMILES string of the molecule is CCC(NC(=O)[C@@H](N)CC(C)C)C(=O)OC.Cl. The molecule has 0 aromatic heterocycles. The number of nitrogens with one attached hydrogen (secondary N) is 1. The van der Waals surface area contributed by atoms with Crippen LogP contribution in [0.3, 0.4) is 0 Å². The van der Waals surface area contributed by atoms with Gasteiger partial charge in [0.15, 0.2) is 0 Å². The number of carbonyl (C=O) groups is 2. The summed E-state index contributed by atoms with van der Waals surface area (Å²) in [5, 5.41) is 2.58. The van der Waals surface area contributed by atoms with Gasteiger partial charge in [0, 0.05) is 0 Å². The summed E-state index contributed by atoms with van der Waals surface area (Å²) in [7, 11) is 1.30. The summed E-state index contributed by atoms with van der Waals surface area (Å²) < 4.78 is 4.57. The number of hydrogen-bond acceptors (Lipinski definition) is 4. The molecular formula is C11H23ClN2O3. The van der Waals surface area contributed by atoms with Crippen molar-refractivity contribution in [3.8, 4) is 0 Å². The summed E-state index contributed by atoms with van der Waals surface area (Å²) in [6.45, 7) is 5.78. The van der Waals surface area contributed by atoms with E-state index in [4.69, 9.17) is 5.73 Å². The van der Waals surface area contributed by atoms with Gasteiger partial charge in [-0.25, -0.2) is 4.79 Å². The van der Waals surface area contributed by atoms with Crippen LogP contribution in [-0.2, 0) is 14.3 Å². The largest absolute Gasteiger partial charge is 0.467 e.